The fraction of sp³-hybridized carbons (Fsp3) is 0.840. The van der Waals surface area contributed by atoms with Crippen molar-refractivity contribution in [2.45, 2.75) is 111 Å². The van der Waals surface area contributed by atoms with Crippen LogP contribution in [0.4, 0.5) is 0 Å². The van der Waals surface area contributed by atoms with E-state index in [4.69, 9.17) is 14.2 Å². The normalized spacial score (nSPS) is 37.1. The summed E-state index contributed by atoms with van der Waals surface area (Å²) in [5, 5.41) is 0. The number of rotatable bonds is 10. The number of epoxide rings is 1. The highest BCUT2D eigenvalue weighted by Gasteiger charge is 2.56. The second-order valence-electron chi connectivity index (χ2n) is 9.51. The van der Waals surface area contributed by atoms with Crippen molar-refractivity contribution in [3.63, 3.8) is 0 Å². The molecule has 0 N–H and O–H groups in total. The average Bonchev–Trinajstić information content (AvgIpc) is 3.33. The van der Waals surface area contributed by atoms with E-state index in [9.17, 15) is 0 Å². The molecule has 3 nitrogen and oxygen atoms in total. The molecule has 0 amide bonds. The summed E-state index contributed by atoms with van der Waals surface area (Å²) in [6.45, 7) is 15.7. The minimum absolute atomic E-state index is 0.0107. The van der Waals surface area contributed by atoms with Gasteiger partial charge in [-0.25, -0.2) is 0 Å². The molecule has 2 rings (SSSR count). The van der Waals surface area contributed by atoms with Crippen LogP contribution in [-0.2, 0) is 14.2 Å². The summed E-state index contributed by atoms with van der Waals surface area (Å²) in [5.74, 6) is 1.54. The molecule has 0 radical (unpaired) electrons. The van der Waals surface area contributed by atoms with E-state index >= 15 is 0 Å². The van der Waals surface area contributed by atoms with Crippen LogP contribution in [-0.4, -0.2) is 37.1 Å². The maximum absolute atomic E-state index is 6.31. The summed E-state index contributed by atoms with van der Waals surface area (Å²) in [6.07, 6.45) is 13.8. The maximum Gasteiger partial charge on any atom is 0.0929 e. The van der Waals surface area contributed by atoms with E-state index < -0.39 is 0 Å². The van der Waals surface area contributed by atoms with Crippen molar-refractivity contribution in [1.82, 2.24) is 0 Å². The van der Waals surface area contributed by atoms with Crippen LogP contribution in [0, 0.1) is 17.8 Å². The molecule has 0 unspecified atom stereocenters. The minimum atomic E-state index is -0.0107. The number of ether oxygens (including phenoxy) is 3. The molecular formula is C25H44O3. The maximum atomic E-state index is 6.31. The van der Waals surface area contributed by atoms with Crippen LogP contribution in [0.2, 0.25) is 0 Å². The lowest BCUT2D eigenvalue weighted by atomic mass is 9.86. The number of hydrogen-bond acceptors (Lipinski definition) is 3. The molecule has 2 aliphatic rings. The first kappa shape index (κ1) is 23.6. The SMILES string of the molecule is CC[C@H]1CC[C@H](C)[C@@H](/C(C)=C/C=C/[C@@H](C)C[C@@]2(C)O[C@@H]2[C@H](C)[C@H](CC)OC)O1. The van der Waals surface area contributed by atoms with Gasteiger partial charge in [0.15, 0.2) is 0 Å². The summed E-state index contributed by atoms with van der Waals surface area (Å²) in [7, 11) is 1.81. The average molecular weight is 393 g/mol. The Bertz CT molecular complexity index is 536. The monoisotopic (exact) mass is 392 g/mol. The third-order valence-electron chi connectivity index (χ3n) is 6.94. The van der Waals surface area contributed by atoms with Gasteiger partial charge in [-0.1, -0.05) is 52.8 Å². The van der Waals surface area contributed by atoms with Gasteiger partial charge in [-0.3, -0.25) is 0 Å². The first-order chi connectivity index (χ1) is 13.3. The zero-order valence-corrected chi connectivity index (χ0v) is 19.5. The lowest BCUT2D eigenvalue weighted by Crippen LogP contribution is -2.34. The van der Waals surface area contributed by atoms with Gasteiger partial charge < -0.3 is 14.2 Å². The molecule has 2 saturated heterocycles. The predicted molar refractivity (Wildman–Crippen MR) is 118 cm³/mol. The van der Waals surface area contributed by atoms with Crippen LogP contribution in [0.5, 0.6) is 0 Å². The molecule has 8 atom stereocenters. The van der Waals surface area contributed by atoms with Gasteiger partial charge in [0, 0.05) is 13.0 Å². The quantitative estimate of drug-likeness (QED) is 0.322. The van der Waals surface area contributed by atoms with Gasteiger partial charge in [0.1, 0.15) is 0 Å². The highest BCUT2D eigenvalue weighted by molar-refractivity contribution is 5.17. The highest BCUT2D eigenvalue weighted by atomic mass is 16.6. The van der Waals surface area contributed by atoms with Crippen molar-refractivity contribution in [3.8, 4) is 0 Å². The van der Waals surface area contributed by atoms with E-state index in [0.717, 1.165) is 19.3 Å². The predicted octanol–water partition coefficient (Wildman–Crippen LogP) is 6.33. The molecule has 2 heterocycles. The highest BCUT2D eigenvalue weighted by Crippen LogP contribution is 2.47. The van der Waals surface area contributed by atoms with Crippen LogP contribution in [0.1, 0.15) is 80.6 Å². The largest absolute Gasteiger partial charge is 0.381 e. The molecule has 0 bridgehead atoms. The van der Waals surface area contributed by atoms with Gasteiger partial charge in [-0.15, -0.1) is 0 Å². The molecule has 0 aliphatic carbocycles. The molecule has 0 saturated carbocycles. The lowest BCUT2D eigenvalue weighted by molar-refractivity contribution is -0.0603. The summed E-state index contributed by atoms with van der Waals surface area (Å²) in [4.78, 5) is 0. The fourth-order valence-electron chi connectivity index (χ4n) is 5.10. The zero-order valence-electron chi connectivity index (χ0n) is 19.5. The molecule has 0 aromatic carbocycles. The van der Waals surface area contributed by atoms with E-state index in [-0.39, 0.29) is 17.8 Å². The first-order valence-corrected chi connectivity index (χ1v) is 11.5. The Balaban J connectivity index is 1.86. The summed E-state index contributed by atoms with van der Waals surface area (Å²) >= 11 is 0. The van der Waals surface area contributed by atoms with E-state index in [1.165, 1.54) is 18.4 Å². The van der Waals surface area contributed by atoms with Crippen molar-refractivity contribution in [2.75, 3.05) is 7.11 Å². The van der Waals surface area contributed by atoms with Crippen LogP contribution >= 0.6 is 0 Å². The van der Waals surface area contributed by atoms with Crippen LogP contribution in [0.25, 0.3) is 0 Å². The third kappa shape index (κ3) is 5.93. The van der Waals surface area contributed by atoms with Crippen molar-refractivity contribution in [1.29, 1.82) is 0 Å². The Labute approximate surface area is 173 Å². The standard InChI is InChI=1S/C25H44O3/c1-9-21-15-14-19(5)23(27-21)18(4)13-11-12-17(3)16-25(7)24(28-25)20(6)22(10-2)26-8/h11-13,17,19-24H,9-10,14-16H2,1-8H3/b12-11+,18-13+/t17-,19+,20-,21+,22+,23-,24-,25-/m1/s1. The molecule has 0 aromatic rings. The molecule has 3 heteroatoms. The number of methoxy groups -OCH3 is 1. The topological polar surface area (TPSA) is 31.0 Å². The summed E-state index contributed by atoms with van der Waals surface area (Å²) < 4.78 is 18.1. The van der Waals surface area contributed by atoms with Crippen molar-refractivity contribution < 1.29 is 14.2 Å². The van der Waals surface area contributed by atoms with Crippen molar-refractivity contribution >= 4 is 0 Å². The Kier molecular flexibility index (Phi) is 8.79. The van der Waals surface area contributed by atoms with Crippen LogP contribution < -0.4 is 0 Å². The van der Waals surface area contributed by atoms with Gasteiger partial charge >= 0.3 is 0 Å². The zero-order chi connectivity index (χ0) is 20.9. The fourth-order valence-corrected chi connectivity index (χ4v) is 5.10. The number of allylic oxidation sites excluding steroid dienone is 3. The van der Waals surface area contributed by atoms with E-state index in [1.54, 1.807) is 0 Å². The van der Waals surface area contributed by atoms with Gasteiger partial charge in [-0.05, 0) is 63.4 Å². The van der Waals surface area contributed by atoms with Gasteiger partial charge in [-0.2, -0.15) is 0 Å². The minimum Gasteiger partial charge on any atom is -0.381 e. The van der Waals surface area contributed by atoms with Gasteiger partial charge in [0.2, 0.25) is 0 Å². The van der Waals surface area contributed by atoms with E-state index in [1.807, 2.05) is 7.11 Å². The Morgan fingerprint density at radius 1 is 1.25 bits per heavy atom. The van der Waals surface area contributed by atoms with Crippen LogP contribution in [0.3, 0.4) is 0 Å². The van der Waals surface area contributed by atoms with E-state index in [2.05, 4.69) is 66.7 Å². The second-order valence-corrected chi connectivity index (χ2v) is 9.51. The van der Waals surface area contributed by atoms with E-state index in [0.29, 0.717) is 30.0 Å². The summed E-state index contributed by atoms with van der Waals surface area (Å²) in [6, 6.07) is 0. The smallest absolute Gasteiger partial charge is 0.0929 e. The molecule has 28 heavy (non-hydrogen) atoms. The molecule has 2 aliphatic heterocycles. The third-order valence-corrected chi connectivity index (χ3v) is 6.94. The summed E-state index contributed by atoms with van der Waals surface area (Å²) in [5.41, 5.74) is 1.34. The second kappa shape index (κ2) is 10.4. The van der Waals surface area contributed by atoms with Gasteiger partial charge in [0.25, 0.3) is 0 Å². The lowest BCUT2D eigenvalue weighted by Gasteiger charge is -2.35. The molecule has 162 valence electrons. The molecule has 0 spiro atoms. The van der Waals surface area contributed by atoms with Crippen LogP contribution in [0.15, 0.2) is 23.8 Å². The first-order valence-electron chi connectivity index (χ1n) is 11.5. The Morgan fingerprint density at radius 3 is 2.57 bits per heavy atom. The van der Waals surface area contributed by atoms with Gasteiger partial charge in [0.05, 0.1) is 30.0 Å². The Morgan fingerprint density at radius 2 is 1.96 bits per heavy atom. The molecule has 0 aromatic heterocycles. The number of hydrogen-bond donors (Lipinski definition) is 0. The molecule has 2 fully saturated rings. The Hall–Kier alpha value is -0.640. The molecular weight excluding hydrogens is 348 g/mol. The van der Waals surface area contributed by atoms with Crippen molar-refractivity contribution in [2.24, 2.45) is 17.8 Å². The van der Waals surface area contributed by atoms with Crippen molar-refractivity contribution in [3.05, 3.63) is 23.8 Å².